The number of nitrogens with two attached hydrogens (primary N) is 1. The number of fused-ring (bicyclic) bond motifs is 1. The van der Waals surface area contributed by atoms with E-state index in [4.69, 9.17) is 33.9 Å². The molecule has 270 valence electrons. The number of aromatic nitrogens is 3. The molecule has 0 amide bonds. The Kier molecular flexibility index (Phi) is 13.2. The standard InChI is InChI=1S/C30H44N7O11P/c1-9-22(38)46-25-24(20-11-12-21-27(32)33-15-34-37(20)21)48-30(13-31,26(25)47-23(39)10-2)14-43-49(42,35-18(7)28(40)44-16(3)4)36-19(8)29(41)45-17(5)6/h11-12,15-19,24-26H,9-10,14H2,1-8H3,(H2,32,33,34)(H2,35,36,42)/t18-,19-,24-,25-,26-,30+/m0/s1. The zero-order chi connectivity index (χ0) is 36.7. The van der Waals surface area contributed by atoms with Crippen LogP contribution >= 0.6 is 7.67 Å². The van der Waals surface area contributed by atoms with Gasteiger partial charge in [-0.25, -0.2) is 19.7 Å². The van der Waals surface area contributed by atoms with E-state index in [1.165, 1.54) is 31.6 Å². The minimum Gasteiger partial charge on any atom is -0.462 e. The first-order chi connectivity index (χ1) is 23.0. The molecular formula is C30H44N7O11P. The Labute approximate surface area is 283 Å². The molecule has 3 rings (SSSR count). The minimum absolute atomic E-state index is 0.0739. The highest BCUT2D eigenvalue weighted by atomic mass is 31.2. The highest BCUT2D eigenvalue weighted by Gasteiger charge is 2.62. The van der Waals surface area contributed by atoms with Crippen molar-refractivity contribution in [2.24, 2.45) is 0 Å². The van der Waals surface area contributed by atoms with Crippen LogP contribution in [0, 0.1) is 11.3 Å². The van der Waals surface area contributed by atoms with Crippen LogP contribution in [0.15, 0.2) is 18.5 Å². The molecule has 6 atom stereocenters. The lowest BCUT2D eigenvalue weighted by atomic mass is 9.95. The lowest BCUT2D eigenvalue weighted by Crippen LogP contribution is -2.50. The number of carbonyl (C=O) groups is 4. The number of nitrogens with zero attached hydrogens (tertiary/aromatic N) is 4. The first-order valence-electron chi connectivity index (χ1n) is 15.8. The van der Waals surface area contributed by atoms with Gasteiger partial charge in [0.15, 0.2) is 18.0 Å². The topological polar surface area (TPSA) is 245 Å². The summed E-state index contributed by atoms with van der Waals surface area (Å²) in [6.07, 6.45) is -4.37. The number of nitrogens with one attached hydrogen (secondary N) is 2. The minimum atomic E-state index is -4.50. The van der Waals surface area contributed by atoms with Gasteiger partial charge in [-0.15, -0.1) is 0 Å². The number of hydrogen-bond acceptors (Lipinski definition) is 15. The molecule has 0 aliphatic carbocycles. The summed E-state index contributed by atoms with van der Waals surface area (Å²) in [7, 11) is -4.50. The molecule has 1 aliphatic heterocycles. The SMILES string of the molecule is CCC(=O)O[C@H]1[C@H](c2ccc3c(N)ncnn23)O[C@](C#N)(COP(=O)(N[C@@H](C)C(=O)OC(C)C)N[C@@H](C)C(=O)OC(C)C)[C@H]1OC(=O)CC. The third-order valence-corrected chi connectivity index (χ3v) is 9.03. The average Bonchev–Trinajstić information content (AvgIpc) is 3.59. The van der Waals surface area contributed by atoms with Crippen LogP contribution in [0.4, 0.5) is 5.82 Å². The van der Waals surface area contributed by atoms with Gasteiger partial charge in [0.2, 0.25) is 5.60 Å². The maximum Gasteiger partial charge on any atom is 0.342 e. The summed E-state index contributed by atoms with van der Waals surface area (Å²) < 4.78 is 49.7. The molecule has 4 N–H and O–H groups in total. The summed E-state index contributed by atoms with van der Waals surface area (Å²) >= 11 is 0. The Hall–Kier alpha value is -4.14. The van der Waals surface area contributed by atoms with E-state index in [2.05, 4.69) is 20.3 Å². The number of rotatable bonds is 16. The number of esters is 4. The van der Waals surface area contributed by atoms with Gasteiger partial charge in [0.05, 0.1) is 17.9 Å². The maximum atomic E-state index is 14.4. The van der Waals surface area contributed by atoms with Gasteiger partial charge in [-0.05, 0) is 53.7 Å². The van der Waals surface area contributed by atoms with E-state index < -0.39 is 86.4 Å². The number of anilines is 1. The van der Waals surface area contributed by atoms with Gasteiger partial charge < -0.3 is 33.9 Å². The van der Waals surface area contributed by atoms with Crippen molar-refractivity contribution in [3.05, 3.63) is 24.2 Å². The first kappa shape index (κ1) is 39.3. The lowest BCUT2D eigenvalue weighted by Gasteiger charge is -2.31. The van der Waals surface area contributed by atoms with Crippen molar-refractivity contribution in [2.45, 2.75) is 116 Å². The summed E-state index contributed by atoms with van der Waals surface area (Å²) in [5.74, 6) is -2.92. The van der Waals surface area contributed by atoms with Crippen molar-refractivity contribution >= 4 is 42.9 Å². The Morgan fingerprint density at radius 2 is 1.55 bits per heavy atom. The predicted octanol–water partition coefficient (Wildman–Crippen LogP) is 2.27. The second-order valence-electron chi connectivity index (χ2n) is 11.8. The molecule has 49 heavy (non-hydrogen) atoms. The second kappa shape index (κ2) is 16.5. The molecule has 1 saturated heterocycles. The Balaban J connectivity index is 2.10. The normalized spacial score (nSPS) is 22.0. The first-order valence-corrected chi connectivity index (χ1v) is 17.4. The molecule has 3 heterocycles. The second-order valence-corrected chi connectivity index (χ2v) is 13.7. The fourth-order valence-corrected chi connectivity index (χ4v) is 6.60. The van der Waals surface area contributed by atoms with E-state index in [1.807, 2.05) is 6.07 Å². The van der Waals surface area contributed by atoms with Crippen molar-refractivity contribution in [3.63, 3.8) is 0 Å². The third kappa shape index (κ3) is 9.52. The number of nitrogen functional groups attached to an aromatic ring is 1. The van der Waals surface area contributed by atoms with Gasteiger partial charge in [-0.3, -0.25) is 23.7 Å². The predicted molar refractivity (Wildman–Crippen MR) is 171 cm³/mol. The van der Waals surface area contributed by atoms with Gasteiger partial charge in [0.1, 0.15) is 42.7 Å². The molecule has 1 aliphatic rings. The van der Waals surface area contributed by atoms with E-state index >= 15 is 0 Å². The van der Waals surface area contributed by atoms with E-state index in [1.54, 1.807) is 46.8 Å². The fraction of sp³-hybridized carbons (Fsp3) is 0.633. The van der Waals surface area contributed by atoms with Crippen LogP contribution in [0.3, 0.4) is 0 Å². The molecule has 1 fully saturated rings. The average molecular weight is 710 g/mol. The lowest BCUT2D eigenvalue weighted by molar-refractivity contribution is -0.169. The monoisotopic (exact) mass is 709 g/mol. The van der Waals surface area contributed by atoms with Gasteiger partial charge in [-0.1, -0.05) is 13.8 Å². The van der Waals surface area contributed by atoms with Gasteiger partial charge in [-0.2, -0.15) is 10.4 Å². The summed E-state index contributed by atoms with van der Waals surface area (Å²) in [5.41, 5.74) is 4.36. The van der Waals surface area contributed by atoms with Crippen molar-refractivity contribution in [1.29, 1.82) is 5.26 Å². The molecule has 0 radical (unpaired) electrons. The number of hydrogen-bond donors (Lipinski definition) is 3. The smallest absolute Gasteiger partial charge is 0.342 e. The van der Waals surface area contributed by atoms with Crippen LogP contribution in [-0.2, 0) is 52.0 Å². The van der Waals surface area contributed by atoms with Crippen molar-refractivity contribution < 1.29 is 52.0 Å². The molecule has 0 saturated carbocycles. The Morgan fingerprint density at radius 3 is 2.06 bits per heavy atom. The molecule has 2 aromatic heterocycles. The van der Waals surface area contributed by atoms with E-state index in [9.17, 15) is 29.0 Å². The molecule has 2 aromatic rings. The summed E-state index contributed by atoms with van der Waals surface area (Å²) in [6, 6.07) is 2.62. The Bertz CT molecular complexity index is 1580. The number of carbonyl (C=O) groups excluding carboxylic acids is 4. The zero-order valence-corrected chi connectivity index (χ0v) is 29.6. The fourth-order valence-electron chi connectivity index (χ4n) is 4.77. The molecule has 0 unspecified atom stereocenters. The third-order valence-electron chi connectivity index (χ3n) is 7.09. The van der Waals surface area contributed by atoms with Gasteiger partial charge >= 0.3 is 31.5 Å². The van der Waals surface area contributed by atoms with Crippen molar-refractivity contribution in [3.8, 4) is 6.07 Å². The molecule has 0 bridgehead atoms. The van der Waals surface area contributed by atoms with Gasteiger partial charge in [0.25, 0.3) is 0 Å². The summed E-state index contributed by atoms with van der Waals surface area (Å²) in [4.78, 5) is 54.8. The van der Waals surface area contributed by atoms with E-state index in [-0.39, 0.29) is 24.4 Å². The van der Waals surface area contributed by atoms with Crippen LogP contribution in [0.1, 0.15) is 80.0 Å². The molecular weight excluding hydrogens is 665 g/mol. The molecule has 0 spiro atoms. The van der Waals surface area contributed by atoms with Crippen molar-refractivity contribution in [2.75, 3.05) is 12.3 Å². The number of nitriles is 1. The van der Waals surface area contributed by atoms with Crippen LogP contribution in [-0.4, -0.2) is 87.2 Å². The number of ether oxygens (including phenoxy) is 5. The summed E-state index contributed by atoms with van der Waals surface area (Å²) in [6.45, 7) is 11.4. The van der Waals surface area contributed by atoms with Crippen LogP contribution in [0.5, 0.6) is 0 Å². The van der Waals surface area contributed by atoms with Gasteiger partial charge in [0, 0.05) is 12.8 Å². The highest BCUT2D eigenvalue weighted by Crippen LogP contribution is 2.48. The molecule has 19 heteroatoms. The molecule has 0 aromatic carbocycles. The maximum absolute atomic E-state index is 14.4. The van der Waals surface area contributed by atoms with E-state index in [0.717, 1.165) is 0 Å². The summed E-state index contributed by atoms with van der Waals surface area (Å²) in [5, 5.41) is 20.0. The van der Waals surface area contributed by atoms with E-state index in [0.29, 0.717) is 5.52 Å². The largest absolute Gasteiger partial charge is 0.462 e. The quantitative estimate of drug-likeness (QED) is 0.128. The Morgan fingerprint density at radius 1 is 1.00 bits per heavy atom. The van der Waals surface area contributed by atoms with Crippen LogP contribution < -0.4 is 15.9 Å². The van der Waals surface area contributed by atoms with Crippen molar-refractivity contribution in [1.82, 2.24) is 24.8 Å². The van der Waals surface area contributed by atoms with Crippen LogP contribution in [0.2, 0.25) is 0 Å². The highest BCUT2D eigenvalue weighted by molar-refractivity contribution is 7.54. The zero-order valence-electron chi connectivity index (χ0n) is 28.7. The van der Waals surface area contributed by atoms with Crippen LogP contribution in [0.25, 0.3) is 5.52 Å². The molecule has 18 nitrogen and oxygen atoms in total.